The predicted octanol–water partition coefficient (Wildman–Crippen LogP) is 4.56. The summed E-state index contributed by atoms with van der Waals surface area (Å²) in [6.07, 6.45) is 3.38. The van der Waals surface area contributed by atoms with Gasteiger partial charge >= 0.3 is 0 Å². The molecular weight excluding hydrogens is 234 g/mol. The van der Waals surface area contributed by atoms with Crippen LogP contribution in [0.5, 0.6) is 5.75 Å². The molecule has 108 valence electrons. The minimum absolute atomic E-state index is 0.435. The van der Waals surface area contributed by atoms with E-state index in [4.69, 9.17) is 4.74 Å². The van der Waals surface area contributed by atoms with Crippen LogP contribution in [0.2, 0.25) is 0 Å². The highest BCUT2D eigenvalue weighted by Crippen LogP contribution is 2.24. The van der Waals surface area contributed by atoms with Gasteiger partial charge in [-0.3, -0.25) is 0 Å². The van der Waals surface area contributed by atoms with Crippen molar-refractivity contribution in [2.45, 2.75) is 53.0 Å². The van der Waals surface area contributed by atoms with E-state index in [9.17, 15) is 0 Å². The van der Waals surface area contributed by atoms with Crippen molar-refractivity contribution in [3.63, 3.8) is 0 Å². The largest absolute Gasteiger partial charge is 0.494 e. The van der Waals surface area contributed by atoms with Gasteiger partial charge in [-0.05, 0) is 49.4 Å². The molecule has 0 aliphatic carbocycles. The van der Waals surface area contributed by atoms with Gasteiger partial charge in [0, 0.05) is 6.04 Å². The van der Waals surface area contributed by atoms with Gasteiger partial charge in [0.15, 0.2) is 0 Å². The van der Waals surface area contributed by atoms with Crippen LogP contribution in [0.25, 0.3) is 0 Å². The maximum absolute atomic E-state index is 5.73. The highest BCUT2D eigenvalue weighted by Gasteiger charge is 2.13. The molecule has 0 aliphatic rings. The molecule has 0 fully saturated rings. The normalized spacial score (nSPS) is 12.7. The lowest BCUT2D eigenvalue weighted by atomic mass is 9.96. The van der Waals surface area contributed by atoms with E-state index < -0.39 is 0 Å². The maximum Gasteiger partial charge on any atom is 0.119 e. The number of benzene rings is 1. The van der Waals surface area contributed by atoms with Crippen molar-refractivity contribution in [3.8, 4) is 5.75 Å². The van der Waals surface area contributed by atoms with Crippen molar-refractivity contribution in [2.24, 2.45) is 5.92 Å². The van der Waals surface area contributed by atoms with Crippen LogP contribution in [0, 0.1) is 5.92 Å². The molecule has 2 nitrogen and oxygen atoms in total. The fraction of sp³-hybridized carbons (Fsp3) is 0.647. The van der Waals surface area contributed by atoms with Gasteiger partial charge in [0.1, 0.15) is 5.75 Å². The first kappa shape index (κ1) is 16.0. The Balaban J connectivity index is 2.75. The summed E-state index contributed by atoms with van der Waals surface area (Å²) in [6.45, 7) is 10.8. The molecule has 0 spiro atoms. The third kappa shape index (κ3) is 6.11. The van der Waals surface area contributed by atoms with E-state index in [1.807, 2.05) is 6.07 Å². The summed E-state index contributed by atoms with van der Waals surface area (Å²) < 4.78 is 5.73. The molecule has 0 bridgehead atoms. The Morgan fingerprint density at radius 1 is 1.16 bits per heavy atom. The van der Waals surface area contributed by atoms with Crippen LogP contribution in [-0.4, -0.2) is 13.2 Å². The van der Waals surface area contributed by atoms with Crippen LogP contribution in [0.4, 0.5) is 0 Å². The van der Waals surface area contributed by atoms with Crippen molar-refractivity contribution < 1.29 is 4.74 Å². The number of ether oxygens (including phenoxy) is 1. The lowest BCUT2D eigenvalue weighted by molar-refractivity contribution is 0.316. The average Bonchev–Trinajstić information content (AvgIpc) is 2.41. The Morgan fingerprint density at radius 3 is 2.58 bits per heavy atom. The smallest absolute Gasteiger partial charge is 0.119 e. The van der Waals surface area contributed by atoms with Gasteiger partial charge in [0.25, 0.3) is 0 Å². The summed E-state index contributed by atoms with van der Waals surface area (Å²) in [4.78, 5) is 0. The fourth-order valence-electron chi connectivity index (χ4n) is 2.17. The van der Waals surface area contributed by atoms with Gasteiger partial charge in [-0.1, -0.05) is 39.8 Å². The molecule has 19 heavy (non-hydrogen) atoms. The molecule has 0 saturated heterocycles. The van der Waals surface area contributed by atoms with E-state index in [1.54, 1.807) is 0 Å². The minimum Gasteiger partial charge on any atom is -0.494 e. The van der Waals surface area contributed by atoms with Gasteiger partial charge in [-0.15, -0.1) is 0 Å². The second kappa shape index (κ2) is 8.98. The monoisotopic (exact) mass is 263 g/mol. The summed E-state index contributed by atoms with van der Waals surface area (Å²) >= 11 is 0. The fourth-order valence-corrected chi connectivity index (χ4v) is 2.17. The Kier molecular flexibility index (Phi) is 7.57. The van der Waals surface area contributed by atoms with Crippen LogP contribution in [-0.2, 0) is 0 Å². The quantitative estimate of drug-likeness (QED) is 0.705. The number of nitrogens with one attached hydrogen (secondary N) is 1. The molecule has 1 N–H and O–H groups in total. The van der Waals surface area contributed by atoms with Gasteiger partial charge in [-0.2, -0.15) is 0 Å². The molecule has 0 saturated carbocycles. The first-order valence-corrected chi connectivity index (χ1v) is 7.63. The first-order valence-electron chi connectivity index (χ1n) is 7.63. The van der Waals surface area contributed by atoms with Gasteiger partial charge in [0.05, 0.1) is 6.61 Å². The third-order valence-corrected chi connectivity index (χ3v) is 3.08. The molecule has 1 aromatic rings. The lowest BCUT2D eigenvalue weighted by Gasteiger charge is -2.21. The third-order valence-electron chi connectivity index (χ3n) is 3.08. The Hall–Kier alpha value is -1.02. The van der Waals surface area contributed by atoms with Gasteiger partial charge in [-0.25, -0.2) is 0 Å². The summed E-state index contributed by atoms with van der Waals surface area (Å²) in [7, 11) is 0. The predicted molar refractivity (Wildman–Crippen MR) is 82.7 cm³/mol. The summed E-state index contributed by atoms with van der Waals surface area (Å²) in [6, 6.07) is 8.97. The van der Waals surface area contributed by atoms with Crippen molar-refractivity contribution in [3.05, 3.63) is 29.8 Å². The Morgan fingerprint density at radius 2 is 1.95 bits per heavy atom. The number of rotatable bonds is 9. The topological polar surface area (TPSA) is 21.3 Å². The highest BCUT2D eigenvalue weighted by atomic mass is 16.5. The van der Waals surface area contributed by atoms with Crippen LogP contribution >= 0.6 is 0 Å². The van der Waals surface area contributed by atoms with E-state index in [0.717, 1.165) is 31.7 Å². The second-order valence-electron chi connectivity index (χ2n) is 5.56. The number of hydrogen-bond donors (Lipinski definition) is 1. The van der Waals surface area contributed by atoms with Crippen LogP contribution in [0.3, 0.4) is 0 Å². The van der Waals surface area contributed by atoms with Gasteiger partial charge < -0.3 is 10.1 Å². The zero-order valence-corrected chi connectivity index (χ0v) is 12.9. The average molecular weight is 263 g/mol. The molecular formula is C17H29NO. The molecule has 1 unspecified atom stereocenters. The van der Waals surface area contributed by atoms with Crippen molar-refractivity contribution in [1.29, 1.82) is 0 Å². The van der Waals surface area contributed by atoms with Gasteiger partial charge in [0.2, 0.25) is 0 Å². The molecule has 0 heterocycles. The first-order chi connectivity index (χ1) is 9.17. The van der Waals surface area contributed by atoms with Crippen LogP contribution < -0.4 is 10.1 Å². The summed E-state index contributed by atoms with van der Waals surface area (Å²) in [5.74, 6) is 1.68. The number of hydrogen-bond acceptors (Lipinski definition) is 2. The summed E-state index contributed by atoms with van der Waals surface area (Å²) in [5.41, 5.74) is 1.34. The molecule has 0 aliphatic heterocycles. The van der Waals surface area contributed by atoms with E-state index in [2.05, 4.69) is 51.2 Å². The van der Waals surface area contributed by atoms with Crippen LogP contribution in [0.1, 0.15) is 58.6 Å². The molecule has 2 heteroatoms. The van der Waals surface area contributed by atoms with E-state index in [-0.39, 0.29) is 0 Å². The zero-order valence-electron chi connectivity index (χ0n) is 12.9. The second-order valence-corrected chi connectivity index (χ2v) is 5.56. The van der Waals surface area contributed by atoms with Crippen molar-refractivity contribution >= 4 is 0 Å². The van der Waals surface area contributed by atoms with E-state index >= 15 is 0 Å². The standard InChI is InChI=1S/C17H29NO/c1-5-10-18-17(12-14(3)4)15-8-7-9-16(13-15)19-11-6-2/h7-9,13-14,17-18H,5-6,10-12H2,1-4H3. The minimum atomic E-state index is 0.435. The molecule has 1 atom stereocenters. The molecule has 0 radical (unpaired) electrons. The Bertz CT molecular complexity index is 349. The summed E-state index contributed by atoms with van der Waals surface area (Å²) in [5, 5.41) is 3.64. The maximum atomic E-state index is 5.73. The van der Waals surface area contributed by atoms with Crippen molar-refractivity contribution in [1.82, 2.24) is 5.32 Å². The Labute approximate surface area is 118 Å². The van der Waals surface area contributed by atoms with Crippen molar-refractivity contribution in [2.75, 3.05) is 13.2 Å². The van der Waals surface area contributed by atoms with Crippen LogP contribution in [0.15, 0.2) is 24.3 Å². The molecule has 1 rings (SSSR count). The lowest BCUT2D eigenvalue weighted by Crippen LogP contribution is -2.23. The molecule has 1 aromatic carbocycles. The van der Waals surface area contributed by atoms with E-state index in [1.165, 1.54) is 12.0 Å². The highest BCUT2D eigenvalue weighted by molar-refractivity contribution is 5.30. The molecule has 0 amide bonds. The SMILES string of the molecule is CCCNC(CC(C)C)c1cccc(OCCC)c1. The van der Waals surface area contributed by atoms with E-state index in [0.29, 0.717) is 12.0 Å². The zero-order chi connectivity index (χ0) is 14.1. The molecule has 0 aromatic heterocycles.